The van der Waals surface area contributed by atoms with E-state index in [4.69, 9.17) is 27.9 Å². The molecule has 1 unspecified atom stereocenters. The van der Waals surface area contributed by atoms with Gasteiger partial charge in [0, 0.05) is 5.02 Å². The quantitative estimate of drug-likeness (QED) is 0.819. The van der Waals surface area contributed by atoms with Gasteiger partial charge in [-0.15, -0.1) is 0 Å². The number of quaternary nitrogens is 1. The summed E-state index contributed by atoms with van der Waals surface area (Å²) in [7, 11) is 3.30. The molecule has 2 N–H and O–H groups in total. The van der Waals surface area contributed by atoms with E-state index < -0.39 is 0 Å². The average Bonchev–Trinajstić information content (AvgIpc) is 2.51. The van der Waals surface area contributed by atoms with Crippen molar-refractivity contribution < 1.29 is 18.8 Å². The van der Waals surface area contributed by atoms with Crippen molar-refractivity contribution in [3.05, 3.63) is 57.8 Å². The first kappa shape index (κ1) is 18.5. The number of nitrogens with one attached hydrogen (secondary N) is 2. The first-order chi connectivity index (χ1) is 11.4. The third-order valence-electron chi connectivity index (χ3n) is 3.44. The van der Waals surface area contributed by atoms with Crippen LogP contribution in [-0.4, -0.2) is 26.6 Å². The van der Waals surface area contributed by atoms with E-state index in [-0.39, 0.29) is 18.3 Å². The summed E-state index contributed by atoms with van der Waals surface area (Å²) >= 11 is 11.9. The van der Waals surface area contributed by atoms with Gasteiger partial charge < -0.3 is 15.0 Å². The molecule has 1 amide bonds. The molecular weight excluding hydrogens is 354 g/mol. The number of methoxy groups -OCH3 is 1. The zero-order valence-electron chi connectivity index (χ0n) is 13.3. The molecule has 2 rings (SSSR count). The van der Waals surface area contributed by atoms with Crippen molar-refractivity contribution >= 4 is 34.8 Å². The third kappa shape index (κ3) is 4.84. The van der Waals surface area contributed by atoms with E-state index in [1.165, 1.54) is 13.2 Å². The SMILES string of the molecule is COc1ccc(Cl)cc1NC(=O)C[NH+](C)Cc1c(F)cccc1Cl. The molecule has 2 aromatic carbocycles. The number of amides is 1. The Morgan fingerprint density at radius 2 is 2.04 bits per heavy atom. The summed E-state index contributed by atoms with van der Waals surface area (Å²) in [6, 6.07) is 9.49. The smallest absolute Gasteiger partial charge is 0.279 e. The first-order valence-corrected chi connectivity index (χ1v) is 8.04. The summed E-state index contributed by atoms with van der Waals surface area (Å²) in [4.78, 5) is 13.0. The number of rotatable bonds is 6. The Morgan fingerprint density at radius 1 is 1.29 bits per heavy atom. The fourth-order valence-corrected chi connectivity index (χ4v) is 2.71. The van der Waals surface area contributed by atoms with E-state index in [1.807, 2.05) is 0 Å². The average molecular weight is 372 g/mol. The van der Waals surface area contributed by atoms with Crippen molar-refractivity contribution in [3.8, 4) is 5.75 Å². The molecular formula is C17H18Cl2FN2O2+. The molecule has 0 aromatic heterocycles. The van der Waals surface area contributed by atoms with Crippen LogP contribution in [0.5, 0.6) is 5.75 Å². The number of carbonyl (C=O) groups excluding carboxylic acids is 1. The van der Waals surface area contributed by atoms with Crippen molar-refractivity contribution in [2.45, 2.75) is 6.54 Å². The van der Waals surface area contributed by atoms with Crippen LogP contribution in [0.4, 0.5) is 10.1 Å². The molecule has 1 atom stereocenters. The summed E-state index contributed by atoms with van der Waals surface area (Å²) < 4.78 is 19.0. The van der Waals surface area contributed by atoms with Gasteiger partial charge in [0.25, 0.3) is 5.91 Å². The van der Waals surface area contributed by atoms with E-state index >= 15 is 0 Å². The van der Waals surface area contributed by atoms with E-state index in [1.54, 1.807) is 37.4 Å². The Morgan fingerprint density at radius 3 is 2.71 bits per heavy atom. The van der Waals surface area contributed by atoms with Crippen molar-refractivity contribution in [2.24, 2.45) is 0 Å². The number of ether oxygens (including phenoxy) is 1. The second kappa shape index (κ2) is 8.33. The lowest BCUT2D eigenvalue weighted by atomic mass is 10.2. The molecule has 0 spiro atoms. The highest BCUT2D eigenvalue weighted by Gasteiger charge is 2.16. The van der Waals surface area contributed by atoms with Gasteiger partial charge in [0.1, 0.15) is 18.1 Å². The summed E-state index contributed by atoms with van der Waals surface area (Å²) in [6.07, 6.45) is 0. The largest absolute Gasteiger partial charge is 0.495 e. The van der Waals surface area contributed by atoms with Gasteiger partial charge in [-0.25, -0.2) is 4.39 Å². The number of carbonyl (C=O) groups is 1. The number of likely N-dealkylation sites (N-methyl/N-ethyl adjacent to an activating group) is 1. The van der Waals surface area contributed by atoms with Crippen LogP contribution in [0.25, 0.3) is 0 Å². The Hall–Kier alpha value is -1.82. The molecule has 0 saturated heterocycles. The van der Waals surface area contributed by atoms with Crippen LogP contribution in [0.15, 0.2) is 36.4 Å². The number of anilines is 1. The molecule has 0 radical (unpaired) electrons. The molecule has 128 valence electrons. The molecule has 0 saturated carbocycles. The van der Waals surface area contributed by atoms with Crippen molar-refractivity contribution in [1.82, 2.24) is 0 Å². The molecule has 0 aliphatic heterocycles. The van der Waals surface area contributed by atoms with Crippen LogP contribution in [0, 0.1) is 5.82 Å². The van der Waals surface area contributed by atoms with Gasteiger partial charge in [-0.05, 0) is 30.3 Å². The predicted octanol–water partition coefficient (Wildman–Crippen LogP) is 2.79. The Bertz CT molecular complexity index is 720. The van der Waals surface area contributed by atoms with E-state index in [0.717, 1.165) is 4.90 Å². The van der Waals surface area contributed by atoms with Crippen LogP contribution in [-0.2, 0) is 11.3 Å². The number of hydrogen-bond acceptors (Lipinski definition) is 2. The molecule has 0 aliphatic carbocycles. The summed E-state index contributed by atoms with van der Waals surface area (Å²) in [5.74, 6) is -0.0955. The number of hydrogen-bond donors (Lipinski definition) is 2. The maximum Gasteiger partial charge on any atom is 0.279 e. The zero-order valence-corrected chi connectivity index (χ0v) is 14.8. The lowest BCUT2D eigenvalue weighted by Crippen LogP contribution is -3.08. The minimum atomic E-state index is -0.376. The van der Waals surface area contributed by atoms with Crippen molar-refractivity contribution in [1.29, 1.82) is 0 Å². The molecule has 0 bridgehead atoms. The standard InChI is InChI=1S/C17H17Cl2FN2O2/c1-22(9-12-13(19)4-3-5-14(12)20)10-17(23)21-15-8-11(18)6-7-16(15)24-2/h3-8H,9-10H2,1-2H3,(H,21,23)/p+1. The third-order valence-corrected chi connectivity index (χ3v) is 4.03. The van der Waals surface area contributed by atoms with Gasteiger partial charge in [-0.2, -0.15) is 0 Å². The molecule has 4 nitrogen and oxygen atoms in total. The van der Waals surface area contributed by atoms with E-state index in [0.29, 0.717) is 33.6 Å². The summed E-state index contributed by atoms with van der Waals surface area (Å²) in [5.41, 5.74) is 0.886. The van der Waals surface area contributed by atoms with Crippen LogP contribution >= 0.6 is 23.2 Å². The predicted molar refractivity (Wildman–Crippen MR) is 93.5 cm³/mol. The van der Waals surface area contributed by atoms with Gasteiger partial charge in [0.15, 0.2) is 6.54 Å². The Balaban J connectivity index is 2.01. The lowest BCUT2D eigenvalue weighted by molar-refractivity contribution is -0.885. The Labute approximate surface area is 150 Å². The maximum atomic E-state index is 13.8. The summed E-state index contributed by atoms with van der Waals surface area (Å²) in [5, 5.41) is 3.60. The molecule has 2 aromatic rings. The van der Waals surface area contributed by atoms with Crippen LogP contribution in [0.1, 0.15) is 5.56 Å². The number of benzene rings is 2. The van der Waals surface area contributed by atoms with Gasteiger partial charge in [0.2, 0.25) is 0 Å². The van der Waals surface area contributed by atoms with Crippen molar-refractivity contribution in [3.63, 3.8) is 0 Å². The lowest BCUT2D eigenvalue weighted by Gasteiger charge is -2.16. The monoisotopic (exact) mass is 371 g/mol. The fourth-order valence-electron chi connectivity index (χ4n) is 2.31. The minimum Gasteiger partial charge on any atom is -0.495 e. The van der Waals surface area contributed by atoms with Crippen molar-refractivity contribution in [2.75, 3.05) is 26.0 Å². The Kier molecular flexibility index (Phi) is 6.43. The normalized spacial score (nSPS) is 11.9. The van der Waals surface area contributed by atoms with E-state index in [2.05, 4.69) is 5.32 Å². The molecule has 24 heavy (non-hydrogen) atoms. The minimum absolute atomic E-state index is 0.139. The number of halogens is 3. The topological polar surface area (TPSA) is 42.8 Å². The maximum absolute atomic E-state index is 13.8. The van der Waals surface area contributed by atoms with Gasteiger partial charge in [-0.3, -0.25) is 4.79 Å². The second-order valence-corrected chi connectivity index (χ2v) is 6.25. The van der Waals surface area contributed by atoms with Gasteiger partial charge in [-0.1, -0.05) is 29.3 Å². The van der Waals surface area contributed by atoms with Crippen LogP contribution in [0.3, 0.4) is 0 Å². The second-order valence-electron chi connectivity index (χ2n) is 5.40. The highest BCUT2D eigenvalue weighted by Crippen LogP contribution is 2.27. The summed E-state index contributed by atoms with van der Waals surface area (Å²) in [6.45, 7) is 0.436. The molecule has 7 heteroatoms. The molecule has 0 heterocycles. The van der Waals surface area contributed by atoms with Gasteiger partial charge in [0.05, 0.1) is 30.4 Å². The first-order valence-electron chi connectivity index (χ1n) is 7.28. The fraction of sp³-hybridized carbons (Fsp3) is 0.235. The highest BCUT2D eigenvalue weighted by atomic mass is 35.5. The highest BCUT2D eigenvalue weighted by molar-refractivity contribution is 6.31. The van der Waals surface area contributed by atoms with E-state index in [9.17, 15) is 9.18 Å². The molecule has 0 fully saturated rings. The molecule has 0 aliphatic rings. The van der Waals surface area contributed by atoms with Crippen LogP contribution in [0.2, 0.25) is 10.0 Å². The van der Waals surface area contributed by atoms with Gasteiger partial charge >= 0.3 is 0 Å². The zero-order chi connectivity index (χ0) is 17.7. The van der Waals surface area contributed by atoms with Crippen LogP contribution < -0.4 is 15.0 Å².